The van der Waals surface area contributed by atoms with Gasteiger partial charge in [0, 0.05) is 17.7 Å². The number of aliphatic carboxylic acids is 1. The van der Waals surface area contributed by atoms with Crippen molar-refractivity contribution in [2.75, 3.05) is 0 Å². The third-order valence-electron chi connectivity index (χ3n) is 5.91. The van der Waals surface area contributed by atoms with Crippen LogP contribution in [0, 0.1) is 23.0 Å². The molecule has 0 unspecified atom stereocenters. The van der Waals surface area contributed by atoms with Crippen molar-refractivity contribution in [1.29, 1.82) is 0 Å². The number of thiophene rings is 1. The maximum Gasteiger partial charge on any atom is 0.514 e. The van der Waals surface area contributed by atoms with Crippen LogP contribution < -0.4 is 9.47 Å². The molecule has 12 heteroatoms. The summed E-state index contributed by atoms with van der Waals surface area (Å²) in [7, 11) is 0. The molecule has 1 N–H and O–H groups in total. The van der Waals surface area contributed by atoms with Crippen LogP contribution in [0.25, 0.3) is 10.6 Å². The van der Waals surface area contributed by atoms with E-state index < -0.39 is 23.0 Å². The highest BCUT2D eigenvalue weighted by atomic mass is 35.5. The van der Waals surface area contributed by atoms with E-state index in [-0.39, 0.29) is 24.1 Å². The highest BCUT2D eigenvalue weighted by molar-refractivity contribution is 7.19. The van der Waals surface area contributed by atoms with E-state index in [0.29, 0.717) is 44.8 Å². The lowest BCUT2D eigenvalue weighted by Crippen LogP contribution is -2.29. The molecule has 1 saturated carbocycles. The van der Waals surface area contributed by atoms with Gasteiger partial charge < -0.3 is 19.3 Å². The third-order valence-corrected chi connectivity index (χ3v) is 7.24. The molecule has 4 rings (SSSR count). The Bertz CT molecular complexity index is 1310. The molecule has 37 heavy (non-hydrogen) atoms. The van der Waals surface area contributed by atoms with Gasteiger partial charge in [0.05, 0.1) is 37.5 Å². The average Bonchev–Trinajstić information content (AvgIpc) is 3.25. The number of hydrogen-bond acceptors (Lipinski definition) is 9. The van der Waals surface area contributed by atoms with Crippen LogP contribution in [0.1, 0.15) is 36.9 Å². The van der Waals surface area contributed by atoms with Gasteiger partial charge in [0.15, 0.2) is 0 Å². The molecule has 2 atom stereocenters. The van der Waals surface area contributed by atoms with Crippen LogP contribution in [0.4, 0.5) is 10.5 Å². The minimum atomic E-state index is -0.970. The zero-order valence-electron chi connectivity index (χ0n) is 19.7. The summed E-state index contributed by atoms with van der Waals surface area (Å²) >= 11 is 7.51. The third kappa shape index (κ3) is 6.75. The number of carboxylic acid groups (broad SMARTS) is 1. The highest BCUT2D eigenvalue weighted by Gasteiger charge is 2.28. The SMILES string of the molecule is Cc1nc(-c2sc(Cl)cc2COC(=O)Oc2ccc([N+](=O)[O-])cc2)ccc1O[C@H]1CCC[C@H](C(=O)O)C1. The lowest BCUT2D eigenvalue weighted by Gasteiger charge is -2.27. The second kappa shape index (κ2) is 11.6. The molecule has 0 bridgehead atoms. The molecule has 2 aromatic heterocycles. The number of carbonyl (C=O) groups is 2. The fourth-order valence-corrected chi connectivity index (χ4v) is 5.30. The van der Waals surface area contributed by atoms with Gasteiger partial charge in [-0.3, -0.25) is 14.9 Å². The molecule has 1 aliphatic carbocycles. The van der Waals surface area contributed by atoms with Gasteiger partial charge in [0.1, 0.15) is 18.1 Å². The number of carboxylic acids is 1. The standard InChI is InChI=1S/C25H23ClN2O8S/c1-14-21(35-19-4-2-3-15(11-19)24(29)30)10-9-20(27-14)23-16(12-22(26)37-23)13-34-25(31)36-18-7-5-17(6-8-18)28(32)33/h5-10,12,15,19H,2-4,11,13H2,1H3,(H,29,30)/t15-,19-/m0/s1. The van der Waals surface area contributed by atoms with Gasteiger partial charge in [0.2, 0.25) is 0 Å². The van der Waals surface area contributed by atoms with E-state index in [9.17, 15) is 24.8 Å². The lowest BCUT2D eigenvalue weighted by molar-refractivity contribution is -0.384. The average molecular weight is 547 g/mol. The van der Waals surface area contributed by atoms with Gasteiger partial charge in [-0.2, -0.15) is 0 Å². The summed E-state index contributed by atoms with van der Waals surface area (Å²) in [5.41, 5.74) is 1.77. The molecule has 2 heterocycles. The first-order valence-electron chi connectivity index (χ1n) is 11.4. The van der Waals surface area contributed by atoms with Crippen LogP contribution in [0.15, 0.2) is 42.5 Å². The fraction of sp³-hybridized carbons (Fsp3) is 0.320. The maximum absolute atomic E-state index is 12.1. The second-order valence-corrected chi connectivity index (χ2v) is 10.2. The number of benzene rings is 1. The van der Waals surface area contributed by atoms with Crippen LogP contribution in [-0.2, 0) is 16.1 Å². The summed E-state index contributed by atoms with van der Waals surface area (Å²) < 4.78 is 16.9. The van der Waals surface area contributed by atoms with E-state index in [2.05, 4.69) is 4.98 Å². The van der Waals surface area contributed by atoms with E-state index in [4.69, 9.17) is 25.8 Å². The van der Waals surface area contributed by atoms with Gasteiger partial charge in [-0.15, -0.1) is 11.3 Å². The molecule has 0 saturated heterocycles. The van der Waals surface area contributed by atoms with Gasteiger partial charge >= 0.3 is 12.1 Å². The van der Waals surface area contributed by atoms with Crippen LogP contribution in [-0.4, -0.2) is 33.2 Å². The minimum Gasteiger partial charge on any atom is -0.489 e. The topological polar surface area (TPSA) is 138 Å². The van der Waals surface area contributed by atoms with E-state index in [1.165, 1.54) is 35.6 Å². The molecule has 194 valence electrons. The van der Waals surface area contributed by atoms with Gasteiger partial charge in [-0.05, 0) is 62.9 Å². The van der Waals surface area contributed by atoms with Gasteiger partial charge in [-0.25, -0.2) is 9.78 Å². The fourth-order valence-electron chi connectivity index (χ4n) is 4.07. The van der Waals surface area contributed by atoms with Crippen LogP contribution in [0.3, 0.4) is 0 Å². The summed E-state index contributed by atoms with van der Waals surface area (Å²) in [6.07, 6.45) is 1.58. The molecular formula is C25H23ClN2O8S. The smallest absolute Gasteiger partial charge is 0.489 e. The minimum absolute atomic E-state index is 0.111. The largest absolute Gasteiger partial charge is 0.514 e. The first-order chi connectivity index (χ1) is 17.7. The first-order valence-corrected chi connectivity index (χ1v) is 12.6. The number of pyridine rings is 1. The number of ether oxygens (including phenoxy) is 3. The molecule has 1 aliphatic rings. The first kappa shape index (κ1) is 26.4. The molecule has 0 aliphatic heterocycles. The Kier molecular flexibility index (Phi) is 8.24. The molecule has 1 aromatic carbocycles. The summed E-state index contributed by atoms with van der Waals surface area (Å²) in [6.45, 7) is 1.69. The number of hydrogen-bond donors (Lipinski definition) is 1. The molecule has 10 nitrogen and oxygen atoms in total. The number of halogens is 1. The number of nitro groups is 1. The Labute approximate surface area is 220 Å². The van der Waals surface area contributed by atoms with Crippen molar-refractivity contribution >= 4 is 40.7 Å². The van der Waals surface area contributed by atoms with Crippen molar-refractivity contribution in [1.82, 2.24) is 4.98 Å². The molecule has 0 amide bonds. The van der Waals surface area contributed by atoms with Crippen molar-refractivity contribution in [3.63, 3.8) is 0 Å². The Hall–Kier alpha value is -3.70. The monoisotopic (exact) mass is 546 g/mol. The molecule has 0 radical (unpaired) electrons. The van der Waals surface area contributed by atoms with Crippen LogP contribution >= 0.6 is 22.9 Å². The highest BCUT2D eigenvalue weighted by Crippen LogP contribution is 2.37. The number of aromatic nitrogens is 1. The number of rotatable bonds is 8. The molecule has 3 aromatic rings. The molecule has 0 spiro atoms. The zero-order valence-corrected chi connectivity index (χ0v) is 21.3. The molecule has 1 fully saturated rings. The van der Waals surface area contributed by atoms with Crippen molar-refractivity contribution in [2.45, 2.75) is 45.3 Å². The van der Waals surface area contributed by atoms with Crippen molar-refractivity contribution in [2.24, 2.45) is 5.92 Å². The Balaban J connectivity index is 1.40. The zero-order chi connectivity index (χ0) is 26.5. The van der Waals surface area contributed by atoms with Crippen LogP contribution in [0.5, 0.6) is 11.5 Å². The summed E-state index contributed by atoms with van der Waals surface area (Å²) in [6, 6.07) is 10.3. The van der Waals surface area contributed by atoms with Crippen molar-refractivity contribution < 1.29 is 33.8 Å². The predicted octanol–water partition coefficient (Wildman–Crippen LogP) is 6.42. The number of nitro benzene ring substituents is 1. The quantitative estimate of drug-likeness (QED) is 0.147. The number of non-ortho nitro benzene ring substituents is 1. The van der Waals surface area contributed by atoms with E-state index in [0.717, 1.165) is 12.8 Å². The Morgan fingerprint density at radius 1 is 1.22 bits per heavy atom. The summed E-state index contributed by atoms with van der Waals surface area (Å²) in [5, 5.41) is 20.0. The number of aryl methyl sites for hydroxylation is 1. The summed E-state index contributed by atoms with van der Waals surface area (Å²) in [5.74, 6) is -0.486. The van der Waals surface area contributed by atoms with E-state index in [1.807, 2.05) is 6.92 Å². The Morgan fingerprint density at radius 2 is 1.97 bits per heavy atom. The number of nitrogens with zero attached hydrogens (tertiary/aromatic N) is 2. The number of carbonyl (C=O) groups excluding carboxylic acids is 1. The summed E-state index contributed by atoms with van der Waals surface area (Å²) in [4.78, 5) is 39.0. The van der Waals surface area contributed by atoms with Crippen LogP contribution in [0.2, 0.25) is 4.34 Å². The Morgan fingerprint density at radius 3 is 2.65 bits per heavy atom. The second-order valence-electron chi connectivity index (χ2n) is 8.52. The van der Waals surface area contributed by atoms with E-state index in [1.54, 1.807) is 18.2 Å². The van der Waals surface area contributed by atoms with E-state index >= 15 is 0 Å². The maximum atomic E-state index is 12.1. The predicted molar refractivity (Wildman–Crippen MR) is 135 cm³/mol. The lowest BCUT2D eigenvalue weighted by atomic mass is 9.87. The normalized spacial score (nSPS) is 17.1. The van der Waals surface area contributed by atoms with Gasteiger partial charge in [0.25, 0.3) is 5.69 Å². The van der Waals surface area contributed by atoms with Gasteiger partial charge in [-0.1, -0.05) is 11.6 Å². The molecular weight excluding hydrogens is 524 g/mol. The van der Waals surface area contributed by atoms with Crippen molar-refractivity contribution in [3.05, 3.63) is 68.2 Å². The van der Waals surface area contributed by atoms with Crippen molar-refractivity contribution in [3.8, 4) is 22.1 Å².